The van der Waals surface area contributed by atoms with Crippen LogP contribution in [0, 0.1) is 0 Å². The summed E-state index contributed by atoms with van der Waals surface area (Å²) >= 11 is 0. The molecule has 0 aliphatic heterocycles. The Labute approximate surface area is 446 Å². The van der Waals surface area contributed by atoms with Crippen LogP contribution >= 0.6 is 0 Å². The van der Waals surface area contributed by atoms with Gasteiger partial charge in [-0.05, 0) is 83.5 Å². The summed E-state index contributed by atoms with van der Waals surface area (Å²) in [4.78, 5) is 38.2. The van der Waals surface area contributed by atoms with Crippen molar-refractivity contribution in [2.24, 2.45) is 0 Å². The number of rotatable bonds is 56. The lowest BCUT2D eigenvalue weighted by molar-refractivity contribution is -0.167. The molecule has 0 aromatic heterocycles. The van der Waals surface area contributed by atoms with Crippen LogP contribution in [0.3, 0.4) is 0 Å². The Bertz CT molecular complexity index is 1340. The van der Waals surface area contributed by atoms with Crippen molar-refractivity contribution in [2.75, 3.05) is 13.2 Å². The average molecular weight is 1010 g/mol. The highest BCUT2D eigenvalue weighted by Gasteiger charge is 2.19. The van der Waals surface area contributed by atoms with Crippen LogP contribution in [0.4, 0.5) is 0 Å². The molecule has 6 heteroatoms. The molecule has 72 heavy (non-hydrogen) atoms. The Morgan fingerprint density at radius 2 is 0.556 bits per heavy atom. The van der Waals surface area contributed by atoms with Gasteiger partial charge in [0, 0.05) is 19.3 Å². The highest BCUT2D eigenvalue weighted by atomic mass is 16.6. The number of carbonyl (C=O) groups excluding carboxylic acids is 3. The fraction of sp³-hybridized carbons (Fsp3) is 0.773. The van der Waals surface area contributed by atoms with Gasteiger partial charge in [-0.3, -0.25) is 14.4 Å². The summed E-state index contributed by atoms with van der Waals surface area (Å²) in [6.45, 7) is 6.51. The second-order valence-corrected chi connectivity index (χ2v) is 20.6. The molecule has 0 radical (unpaired) electrons. The van der Waals surface area contributed by atoms with E-state index in [2.05, 4.69) is 93.7 Å². The SMILES string of the molecule is CC/C=C\C/C=C\C/C=C\C/C=C\C/C=C\CCCC(=O)OC(COC(=O)CCCCCCC/C=C\CCCCCCCC)COC(=O)CCCCCCCCCCCCCCCCCCCCCCCC. The molecule has 6 nitrogen and oxygen atoms in total. The third kappa shape index (κ3) is 57.7. The first kappa shape index (κ1) is 68.8. The molecule has 0 fully saturated rings. The average Bonchev–Trinajstić information content (AvgIpc) is 3.38. The minimum Gasteiger partial charge on any atom is -0.462 e. The lowest BCUT2D eigenvalue weighted by Gasteiger charge is -2.18. The van der Waals surface area contributed by atoms with Crippen LogP contribution < -0.4 is 0 Å². The van der Waals surface area contributed by atoms with Crippen molar-refractivity contribution in [1.82, 2.24) is 0 Å². The van der Waals surface area contributed by atoms with Crippen molar-refractivity contribution in [3.63, 3.8) is 0 Å². The summed E-state index contributed by atoms with van der Waals surface area (Å²) in [5, 5.41) is 0. The van der Waals surface area contributed by atoms with Crippen LogP contribution in [0.15, 0.2) is 72.9 Å². The molecular formula is C66H116O6. The Kier molecular flexibility index (Phi) is 57.8. The quantitative estimate of drug-likeness (QED) is 0.0261. The molecular weight excluding hydrogens is 889 g/mol. The van der Waals surface area contributed by atoms with Crippen LogP contribution in [0.5, 0.6) is 0 Å². The van der Waals surface area contributed by atoms with Crippen LogP contribution in [0.25, 0.3) is 0 Å². The number of hydrogen-bond acceptors (Lipinski definition) is 6. The largest absolute Gasteiger partial charge is 0.462 e. The molecule has 0 saturated carbocycles. The molecule has 0 spiro atoms. The molecule has 416 valence electrons. The van der Waals surface area contributed by atoms with E-state index < -0.39 is 6.10 Å². The van der Waals surface area contributed by atoms with Crippen LogP contribution in [0.1, 0.15) is 310 Å². The predicted molar refractivity (Wildman–Crippen MR) is 311 cm³/mol. The lowest BCUT2D eigenvalue weighted by atomic mass is 10.0. The van der Waals surface area contributed by atoms with Crippen molar-refractivity contribution < 1.29 is 28.6 Å². The first-order valence-electron chi connectivity index (χ1n) is 30.9. The molecule has 0 aromatic rings. The second-order valence-electron chi connectivity index (χ2n) is 20.6. The summed E-state index contributed by atoms with van der Waals surface area (Å²) in [6, 6.07) is 0. The minimum atomic E-state index is -0.808. The third-order valence-corrected chi connectivity index (χ3v) is 13.4. The molecule has 0 aliphatic rings. The fourth-order valence-electron chi connectivity index (χ4n) is 8.83. The van der Waals surface area contributed by atoms with E-state index in [-0.39, 0.29) is 37.5 Å². The number of hydrogen-bond donors (Lipinski definition) is 0. The minimum absolute atomic E-state index is 0.0979. The normalized spacial score (nSPS) is 12.5. The van der Waals surface area contributed by atoms with Crippen LogP contribution in [-0.4, -0.2) is 37.2 Å². The standard InChI is InChI=1S/C66H116O6/c1-4-7-10-13-16-19-22-25-28-30-31-32-33-34-36-38-41-44-47-50-53-56-59-65(68)71-62-63(61-70-64(67)58-55-52-49-46-43-40-37-27-24-21-18-15-12-9-6-3)72-66(69)60-57-54-51-48-45-42-39-35-29-26-23-20-17-14-11-8-5-2/h8,11,17,20,26-27,29,37,39,42,48,51,63H,4-7,9-10,12-16,18-19,21-25,28,30-36,38,40-41,43-47,49-50,52-62H2,1-3H3/b11-8-,20-17-,29-26-,37-27-,42-39-,51-48-. The van der Waals surface area contributed by atoms with Crippen molar-refractivity contribution in [1.29, 1.82) is 0 Å². The van der Waals surface area contributed by atoms with Gasteiger partial charge in [0.2, 0.25) is 0 Å². The van der Waals surface area contributed by atoms with Gasteiger partial charge in [0.15, 0.2) is 6.10 Å². The maximum absolute atomic E-state index is 12.9. The van der Waals surface area contributed by atoms with Gasteiger partial charge in [-0.25, -0.2) is 0 Å². The van der Waals surface area contributed by atoms with Gasteiger partial charge < -0.3 is 14.2 Å². The van der Waals surface area contributed by atoms with Gasteiger partial charge in [-0.2, -0.15) is 0 Å². The van der Waals surface area contributed by atoms with Gasteiger partial charge in [-0.15, -0.1) is 0 Å². The monoisotopic (exact) mass is 1000 g/mol. The number of esters is 3. The molecule has 1 unspecified atom stereocenters. The zero-order chi connectivity index (χ0) is 52.2. The molecule has 0 bridgehead atoms. The first-order valence-corrected chi connectivity index (χ1v) is 30.9. The fourth-order valence-corrected chi connectivity index (χ4v) is 8.83. The van der Waals surface area contributed by atoms with E-state index in [1.807, 2.05) is 0 Å². The first-order chi connectivity index (χ1) is 35.5. The molecule has 0 aromatic carbocycles. The van der Waals surface area contributed by atoms with Crippen LogP contribution in [-0.2, 0) is 28.6 Å². The highest BCUT2D eigenvalue weighted by molar-refractivity contribution is 5.71. The van der Waals surface area contributed by atoms with Gasteiger partial charge >= 0.3 is 17.9 Å². The van der Waals surface area contributed by atoms with E-state index in [0.717, 1.165) is 83.5 Å². The van der Waals surface area contributed by atoms with Crippen molar-refractivity contribution in [3.05, 3.63) is 72.9 Å². The summed E-state index contributed by atoms with van der Waals surface area (Å²) in [5.41, 5.74) is 0. The molecule has 0 heterocycles. The zero-order valence-corrected chi connectivity index (χ0v) is 47.7. The molecule has 0 rings (SSSR count). The molecule has 0 aliphatic carbocycles. The highest BCUT2D eigenvalue weighted by Crippen LogP contribution is 2.17. The molecule has 0 N–H and O–H groups in total. The smallest absolute Gasteiger partial charge is 0.306 e. The summed E-state index contributed by atoms with van der Waals surface area (Å²) in [5.74, 6) is -0.952. The number of carbonyl (C=O) groups is 3. The van der Waals surface area contributed by atoms with Crippen molar-refractivity contribution in [2.45, 2.75) is 316 Å². The lowest BCUT2D eigenvalue weighted by Crippen LogP contribution is -2.30. The summed E-state index contributed by atoms with van der Waals surface area (Å²) in [6.07, 6.45) is 77.7. The Morgan fingerprint density at radius 3 is 0.903 bits per heavy atom. The Morgan fingerprint density at radius 1 is 0.292 bits per heavy atom. The van der Waals surface area contributed by atoms with Crippen molar-refractivity contribution >= 4 is 17.9 Å². The van der Waals surface area contributed by atoms with Gasteiger partial charge in [-0.1, -0.05) is 280 Å². The maximum Gasteiger partial charge on any atom is 0.306 e. The summed E-state index contributed by atoms with van der Waals surface area (Å²) < 4.78 is 16.9. The van der Waals surface area contributed by atoms with E-state index in [1.165, 1.54) is 180 Å². The maximum atomic E-state index is 12.9. The second kappa shape index (κ2) is 60.4. The molecule has 0 amide bonds. The zero-order valence-electron chi connectivity index (χ0n) is 47.7. The number of ether oxygens (including phenoxy) is 3. The predicted octanol–water partition coefficient (Wildman–Crippen LogP) is 20.9. The number of unbranched alkanes of at least 4 members (excludes halogenated alkanes) is 33. The van der Waals surface area contributed by atoms with E-state index in [1.54, 1.807) is 0 Å². The Balaban J connectivity index is 4.39. The molecule has 1 atom stereocenters. The third-order valence-electron chi connectivity index (χ3n) is 13.4. The topological polar surface area (TPSA) is 78.9 Å². The van der Waals surface area contributed by atoms with E-state index >= 15 is 0 Å². The number of allylic oxidation sites excluding steroid dienone is 12. The van der Waals surface area contributed by atoms with Crippen molar-refractivity contribution in [3.8, 4) is 0 Å². The van der Waals surface area contributed by atoms with Gasteiger partial charge in [0.05, 0.1) is 0 Å². The van der Waals surface area contributed by atoms with Gasteiger partial charge in [0.25, 0.3) is 0 Å². The summed E-state index contributed by atoms with van der Waals surface area (Å²) in [7, 11) is 0. The molecule has 0 saturated heterocycles. The van der Waals surface area contributed by atoms with E-state index in [0.29, 0.717) is 19.3 Å². The van der Waals surface area contributed by atoms with Crippen LogP contribution in [0.2, 0.25) is 0 Å². The van der Waals surface area contributed by atoms with E-state index in [4.69, 9.17) is 14.2 Å². The van der Waals surface area contributed by atoms with E-state index in [9.17, 15) is 14.4 Å². The van der Waals surface area contributed by atoms with Gasteiger partial charge in [0.1, 0.15) is 13.2 Å². The Hall–Kier alpha value is -3.15.